The summed E-state index contributed by atoms with van der Waals surface area (Å²) in [7, 11) is 0. The molecule has 0 bridgehead atoms. The SMILES string of the molecule is CCNc1ccc([C@@H](C)NC(=O)c2ccc3cc(Br)ccc3n2)cc1C. The summed E-state index contributed by atoms with van der Waals surface area (Å²) >= 11 is 3.45. The zero-order chi connectivity index (χ0) is 18.7. The van der Waals surface area contributed by atoms with Gasteiger partial charge < -0.3 is 10.6 Å². The predicted molar refractivity (Wildman–Crippen MR) is 111 cm³/mol. The topological polar surface area (TPSA) is 54.0 Å². The van der Waals surface area contributed by atoms with E-state index in [1.165, 1.54) is 5.56 Å². The Bertz CT molecular complexity index is 955. The molecule has 4 nitrogen and oxygen atoms in total. The van der Waals surface area contributed by atoms with Gasteiger partial charge in [-0.3, -0.25) is 4.79 Å². The Kier molecular flexibility index (Phi) is 5.57. The Morgan fingerprint density at radius 1 is 1.15 bits per heavy atom. The lowest BCUT2D eigenvalue weighted by Gasteiger charge is -2.16. The summed E-state index contributed by atoms with van der Waals surface area (Å²) < 4.78 is 0.994. The number of halogens is 1. The predicted octanol–water partition coefficient (Wildman–Crippen LogP) is 5.23. The molecule has 0 radical (unpaired) electrons. The summed E-state index contributed by atoms with van der Waals surface area (Å²) in [5.41, 5.74) is 4.59. The first-order chi connectivity index (χ1) is 12.5. The molecule has 2 N–H and O–H groups in total. The fourth-order valence-electron chi connectivity index (χ4n) is 2.92. The van der Waals surface area contributed by atoms with E-state index in [-0.39, 0.29) is 11.9 Å². The molecule has 1 amide bonds. The van der Waals surface area contributed by atoms with E-state index in [9.17, 15) is 4.79 Å². The van der Waals surface area contributed by atoms with Crippen LogP contribution in [0.5, 0.6) is 0 Å². The van der Waals surface area contributed by atoms with E-state index in [2.05, 4.69) is 57.5 Å². The summed E-state index contributed by atoms with van der Waals surface area (Å²) in [5.74, 6) is -0.171. The number of aromatic nitrogens is 1. The summed E-state index contributed by atoms with van der Waals surface area (Å²) in [5, 5.41) is 7.36. The molecule has 0 spiro atoms. The van der Waals surface area contributed by atoms with Crippen molar-refractivity contribution in [2.75, 3.05) is 11.9 Å². The maximum atomic E-state index is 12.6. The minimum atomic E-state index is -0.171. The number of anilines is 1. The largest absolute Gasteiger partial charge is 0.385 e. The number of fused-ring (bicyclic) bond motifs is 1. The van der Waals surface area contributed by atoms with Gasteiger partial charge in [0.2, 0.25) is 0 Å². The first kappa shape index (κ1) is 18.4. The fraction of sp³-hybridized carbons (Fsp3) is 0.238. The molecule has 2 aromatic carbocycles. The lowest BCUT2D eigenvalue weighted by Crippen LogP contribution is -2.27. The summed E-state index contributed by atoms with van der Waals surface area (Å²) in [6, 6.07) is 15.6. The number of benzene rings is 2. The third kappa shape index (κ3) is 4.05. The smallest absolute Gasteiger partial charge is 0.270 e. The molecule has 0 saturated carbocycles. The Morgan fingerprint density at radius 3 is 2.69 bits per heavy atom. The number of hydrogen-bond acceptors (Lipinski definition) is 3. The van der Waals surface area contributed by atoms with Crippen LogP contribution in [0.3, 0.4) is 0 Å². The monoisotopic (exact) mass is 411 g/mol. The first-order valence-corrected chi connectivity index (χ1v) is 9.49. The van der Waals surface area contributed by atoms with Crippen LogP contribution in [0, 0.1) is 6.92 Å². The highest BCUT2D eigenvalue weighted by molar-refractivity contribution is 9.10. The molecule has 134 valence electrons. The van der Waals surface area contributed by atoms with E-state index < -0.39 is 0 Å². The number of rotatable bonds is 5. The van der Waals surface area contributed by atoms with Crippen molar-refractivity contribution >= 4 is 38.4 Å². The van der Waals surface area contributed by atoms with Crippen molar-refractivity contribution in [1.82, 2.24) is 10.3 Å². The third-order valence-corrected chi connectivity index (χ3v) is 4.84. The zero-order valence-electron chi connectivity index (χ0n) is 15.1. The van der Waals surface area contributed by atoms with Gasteiger partial charge in [-0.2, -0.15) is 0 Å². The average molecular weight is 412 g/mol. The normalized spacial score (nSPS) is 12.0. The number of carbonyl (C=O) groups excluding carboxylic acids is 1. The van der Waals surface area contributed by atoms with Crippen molar-refractivity contribution < 1.29 is 4.79 Å². The van der Waals surface area contributed by atoms with E-state index in [1.54, 1.807) is 6.07 Å². The van der Waals surface area contributed by atoms with Crippen molar-refractivity contribution in [1.29, 1.82) is 0 Å². The van der Waals surface area contributed by atoms with Crippen LogP contribution in [0.2, 0.25) is 0 Å². The second kappa shape index (κ2) is 7.87. The summed E-state index contributed by atoms with van der Waals surface area (Å²) in [6.45, 7) is 7.01. The lowest BCUT2D eigenvalue weighted by molar-refractivity contribution is 0.0935. The highest BCUT2D eigenvalue weighted by atomic mass is 79.9. The van der Waals surface area contributed by atoms with Crippen LogP contribution in [0.1, 0.15) is 41.5 Å². The summed E-state index contributed by atoms with van der Waals surface area (Å²) in [6.07, 6.45) is 0. The molecule has 0 unspecified atom stereocenters. The van der Waals surface area contributed by atoms with E-state index >= 15 is 0 Å². The highest BCUT2D eigenvalue weighted by Crippen LogP contribution is 2.22. The number of pyridine rings is 1. The number of nitrogens with zero attached hydrogens (tertiary/aromatic N) is 1. The molecule has 0 aliphatic carbocycles. The van der Waals surface area contributed by atoms with E-state index in [0.717, 1.165) is 33.2 Å². The fourth-order valence-corrected chi connectivity index (χ4v) is 3.30. The van der Waals surface area contributed by atoms with Gasteiger partial charge in [-0.1, -0.05) is 34.1 Å². The van der Waals surface area contributed by atoms with E-state index in [4.69, 9.17) is 0 Å². The Balaban J connectivity index is 1.76. The quantitative estimate of drug-likeness (QED) is 0.604. The number of amides is 1. The molecular formula is C21H22BrN3O. The second-order valence-corrected chi connectivity index (χ2v) is 7.25. The van der Waals surface area contributed by atoms with Gasteiger partial charge >= 0.3 is 0 Å². The van der Waals surface area contributed by atoms with Gasteiger partial charge in [0.25, 0.3) is 5.91 Å². The maximum absolute atomic E-state index is 12.6. The van der Waals surface area contributed by atoms with Gasteiger partial charge in [0.15, 0.2) is 0 Å². The number of hydrogen-bond donors (Lipinski definition) is 2. The van der Waals surface area contributed by atoms with E-state index in [0.29, 0.717) is 5.69 Å². The van der Waals surface area contributed by atoms with E-state index in [1.807, 2.05) is 37.3 Å². The molecule has 0 aliphatic heterocycles. The molecule has 0 aliphatic rings. The summed E-state index contributed by atoms with van der Waals surface area (Å²) in [4.78, 5) is 17.1. The Morgan fingerprint density at radius 2 is 1.96 bits per heavy atom. The lowest BCUT2D eigenvalue weighted by atomic mass is 10.0. The standard InChI is InChI=1S/C21H22BrN3O/c1-4-23-18-8-5-15(11-13(18)2)14(3)24-21(26)20-9-6-16-12-17(22)7-10-19(16)25-20/h5-12,14,23H,4H2,1-3H3,(H,24,26)/t14-/m1/s1. The molecule has 3 aromatic rings. The van der Waals surface area contributed by atoms with Crippen LogP contribution in [-0.4, -0.2) is 17.4 Å². The van der Waals surface area contributed by atoms with Crippen LogP contribution in [-0.2, 0) is 0 Å². The van der Waals surface area contributed by atoms with Crippen molar-refractivity contribution in [3.05, 3.63) is 69.8 Å². The molecule has 3 rings (SSSR count). The van der Waals surface area contributed by atoms with Crippen LogP contribution in [0.25, 0.3) is 10.9 Å². The molecule has 1 heterocycles. The first-order valence-electron chi connectivity index (χ1n) is 8.69. The Hall–Kier alpha value is -2.40. The van der Waals surface area contributed by atoms with Crippen LogP contribution >= 0.6 is 15.9 Å². The van der Waals surface area contributed by atoms with Gasteiger partial charge in [-0.25, -0.2) is 4.98 Å². The van der Waals surface area contributed by atoms with Crippen molar-refractivity contribution in [3.8, 4) is 0 Å². The molecule has 26 heavy (non-hydrogen) atoms. The minimum Gasteiger partial charge on any atom is -0.385 e. The van der Waals surface area contributed by atoms with Crippen molar-refractivity contribution in [3.63, 3.8) is 0 Å². The molecule has 1 aromatic heterocycles. The number of carbonyl (C=O) groups is 1. The van der Waals surface area contributed by atoms with Crippen LogP contribution in [0.15, 0.2) is 53.0 Å². The number of nitrogens with one attached hydrogen (secondary N) is 2. The minimum absolute atomic E-state index is 0.0979. The third-order valence-electron chi connectivity index (χ3n) is 4.35. The maximum Gasteiger partial charge on any atom is 0.270 e. The number of aryl methyl sites for hydroxylation is 1. The highest BCUT2D eigenvalue weighted by Gasteiger charge is 2.14. The van der Waals surface area contributed by atoms with Gasteiger partial charge in [0.1, 0.15) is 5.69 Å². The van der Waals surface area contributed by atoms with Gasteiger partial charge in [-0.05, 0) is 62.2 Å². The van der Waals surface area contributed by atoms with Crippen LogP contribution in [0.4, 0.5) is 5.69 Å². The molecule has 5 heteroatoms. The van der Waals surface area contributed by atoms with Gasteiger partial charge in [-0.15, -0.1) is 0 Å². The zero-order valence-corrected chi connectivity index (χ0v) is 16.7. The molecular weight excluding hydrogens is 390 g/mol. The van der Waals surface area contributed by atoms with Gasteiger partial charge in [0.05, 0.1) is 11.6 Å². The Labute approximate surface area is 162 Å². The molecule has 0 saturated heterocycles. The van der Waals surface area contributed by atoms with Crippen molar-refractivity contribution in [2.45, 2.75) is 26.8 Å². The molecule has 0 fully saturated rings. The van der Waals surface area contributed by atoms with Crippen LogP contribution < -0.4 is 10.6 Å². The molecule has 1 atom stereocenters. The van der Waals surface area contributed by atoms with Gasteiger partial charge in [0, 0.05) is 22.1 Å². The second-order valence-electron chi connectivity index (χ2n) is 6.33. The average Bonchev–Trinajstić information content (AvgIpc) is 2.63. The van der Waals surface area contributed by atoms with Crippen molar-refractivity contribution in [2.24, 2.45) is 0 Å².